The van der Waals surface area contributed by atoms with Gasteiger partial charge < -0.3 is 5.32 Å². The van der Waals surface area contributed by atoms with Gasteiger partial charge in [-0.25, -0.2) is 0 Å². The Morgan fingerprint density at radius 3 is 2.70 bits per heavy atom. The molecule has 0 aliphatic rings. The molecule has 0 rings (SSSR count). The van der Waals surface area contributed by atoms with Crippen LogP contribution in [0.5, 0.6) is 0 Å². The maximum absolute atomic E-state index is 3.37. The van der Waals surface area contributed by atoms with Crippen molar-refractivity contribution in [3.05, 3.63) is 12.2 Å². The zero-order valence-electron chi connectivity index (χ0n) is 7.19. The van der Waals surface area contributed by atoms with Crippen molar-refractivity contribution in [1.29, 1.82) is 0 Å². The molecule has 0 spiro atoms. The van der Waals surface area contributed by atoms with E-state index in [4.69, 9.17) is 0 Å². The molecular weight excluding hydrogens is 122 g/mol. The lowest BCUT2D eigenvalue weighted by Crippen LogP contribution is -2.15. The van der Waals surface area contributed by atoms with E-state index in [1.807, 2.05) is 0 Å². The first-order valence-corrected chi connectivity index (χ1v) is 4.23. The molecule has 0 aliphatic heterocycles. The first-order valence-electron chi connectivity index (χ1n) is 4.23. The summed E-state index contributed by atoms with van der Waals surface area (Å²) < 4.78 is 0. The summed E-state index contributed by atoms with van der Waals surface area (Å²) in [5.74, 6) is 0. The third-order valence-electron chi connectivity index (χ3n) is 1.43. The summed E-state index contributed by atoms with van der Waals surface area (Å²) in [7, 11) is 0. The van der Waals surface area contributed by atoms with E-state index in [1.54, 1.807) is 0 Å². The molecule has 0 aliphatic carbocycles. The average molecular weight is 141 g/mol. The predicted octanol–water partition coefficient (Wildman–Crippen LogP) is 2.34. The van der Waals surface area contributed by atoms with Crippen LogP contribution in [0, 0.1) is 0 Å². The third-order valence-corrected chi connectivity index (χ3v) is 1.43. The molecular formula is C9H19N. The van der Waals surface area contributed by atoms with Gasteiger partial charge in [0.15, 0.2) is 0 Å². The van der Waals surface area contributed by atoms with Crippen molar-refractivity contribution < 1.29 is 0 Å². The van der Waals surface area contributed by atoms with Crippen LogP contribution in [0.4, 0.5) is 0 Å². The molecule has 1 nitrogen and oxygen atoms in total. The minimum Gasteiger partial charge on any atom is -0.316 e. The molecule has 0 aromatic rings. The van der Waals surface area contributed by atoms with Crippen LogP contribution in [0.2, 0.25) is 0 Å². The van der Waals surface area contributed by atoms with Gasteiger partial charge in [-0.3, -0.25) is 0 Å². The lowest BCUT2D eigenvalue weighted by molar-refractivity contribution is 0.645. The molecule has 0 amide bonds. The Bertz CT molecular complexity index is 76.8. The van der Waals surface area contributed by atoms with Crippen molar-refractivity contribution in [2.24, 2.45) is 0 Å². The molecule has 0 saturated heterocycles. The van der Waals surface area contributed by atoms with Crippen molar-refractivity contribution in [2.45, 2.75) is 33.1 Å². The SMILES string of the molecule is C/C=C\CCNCCCC. The highest BCUT2D eigenvalue weighted by Crippen LogP contribution is 1.83. The summed E-state index contributed by atoms with van der Waals surface area (Å²) >= 11 is 0. The number of hydrogen-bond donors (Lipinski definition) is 1. The van der Waals surface area contributed by atoms with E-state index in [-0.39, 0.29) is 0 Å². The molecule has 0 fully saturated rings. The zero-order valence-corrected chi connectivity index (χ0v) is 7.19. The maximum atomic E-state index is 3.37. The van der Waals surface area contributed by atoms with Crippen LogP contribution < -0.4 is 5.32 Å². The smallest absolute Gasteiger partial charge is 0.00143 e. The van der Waals surface area contributed by atoms with Gasteiger partial charge in [-0.05, 0) is 32.9 Å². The molecule has 60 valence electrons. The first kappa shape index (κ1) is 9.70. The van der Waals surface area contributed by atoms with Gasteiger partial charge in [-0.15, -0.1) is 0 Å². The average Bonchev–Trinajstić information content (AvgIpc) is 1.97. The van der Waals surface area contributed by atoms with Crippen LogP contribution in [0.25, 0.3) is 0 Å². The number of rotatable bonds is 6. The van der Waals surface area contributed by atoms with E-state index in [1.165, 1.54) is 25.8 Å². The van der Waals surface area contributed by atoms with Gasteiger partial charge in [-0.1, -0.05) is 25.5 Å². The summed E-state index contributed by atoms with van der Waals surface area (Å²) in [5, 5.41) is 3.37. The summed E-state index contributed by atoms with van der Waals surface area (Å²) in [5.41, 5.74) is 0. The van der Waals surface area contributed by atoms with E-state index in [9.17, 15) is 0 Å². The summed E-state index contributed by atoms with van der Waals surface area (Å²) in [6.45, 7) is 6.58. The zero-order chi connectivity index (χ0) is 7.66. The van der Waals surface area contributed by atoms with Crippen molar-refractivity contribution in [3.8, 4) is 0 Å². The molecule has 1 N–H and O–H groups in total. The number of allylic oxidation sites excluding steroid dienone is 1. The summed E-state index contributed by atoms with van der Waals surface area (Å²) in [6.07, 6.45) is 8.05. The third kappa shape index (κ3) is 7.70. The molecule has 0 bridgehead atoms. The summed E-state index contributed by atoms with van der Waals surface area (Å²) in [4.78, 5) is 0. The lowest BCUT2D eigenvalue weighted by atomic mass is 10.3. The minimum absolute atomic E-state index is 1.13. The van der Waals surface area contributed by atoms with E-state index >= 15 is 0 Å². The molecule has 0 saturated carbocycles. The monoisotopic (exact) mass is 141 g/mol. The number of hydrogen-bond acceptors (Lipinski definition) is 1. The van der Waals surface area contributed by atoms with E-state index in [2.05, 4.69) is 31.3 Å². The van der Waals surface area contributed by atoms with Gasteiger partial charge in [0.1, 0.15) is 0 Å². The highest BCUT2D eigenvalue weighted by molar-refractivity contribution is 4.77. The quantitative estimate of drug-likeness (QED) is 0.442. The van der Waals surface area contributed by atoms with Crippen molar-refractivity contribution >= 4 is 0 Å². The van der Waals surface area contributed by atoms with Crippen LogP contribution in [0.15, 0.2) is 12.2 Å². The van der Waals surface area contributed by atoms with Crippen LogP contribution in [0.3, 0.4) is 0 Å². The molecule has 1 heteroatoms. The molecule has 0 atom stereocenters. The van der Waals surface area contributed by atoms with Crippen LogP contribution in [-0.2, 0) is 0 Å². The van der Waals surface area contributed by atoms with Gasteiger partial charge in [0.25, 0.3) is 0 Å². The van der Waals surface area contributed by atoms with Crippen LogP contribution in [0.1, 0.15) is 33.1 Å². The second kappa shape index (κ2) is 8.70. The van der Waals surface area contributed by atoms with E-state index in [0.717, 1.165) is 6.54 Å². The fourth-order valence-electron chi connectivity index (χ4n) is 0.779. The van der Waals surface area contributed by atoms with Crippen molar-refractivity contribution in [1.82, 2.24) is 5.32 Å². The highest BCUT2D eigenvalue weighted by Gasteiger charge is 1.82. The molecule has 10 heavy (non-hydrogen) atoms. The normalized spacial score (nSPS) is 11.0. The van der Waals surface area contributed by atoms with Gasteiger partial charge in [0, 0.05) is 0 Å². The predicted molar refractivity (Wildman–Crippen MR) is 47.2 cm³/mol. The molecule has 0 aromatic carbocycles. The molecule has 0 aromatic heterocycles. The second-order valence-corrected chi connectivity index (χ2v) is 2.46. The van der Waals surface area contributed by atoms with Gasteiger partial charge in [-0.2, -0.15) is 0 Å². The Kier molecular flexibility index (Phi) is 8.44. The molecule has 0 heterocycles. The standard InChI is InChI=1S/C9H19N/c1-3-5-7-9-10-8-6-4-2/h3,5,10H,4,6-9H2,1-2H3/b5-3-. The second-order valence-electron chi connectivity index (χ2n) is 2.46. The number of unbranched alkanes of at least 4 members (excludes halogenated alkanes) is 1. The van der Waals surface area contributed by atoms with E-state index in [0.29, 0.717) is 0 Å². The Morgan fingerprint density at radius 2 is 2.10 bits per heavy atom. The van der Waals surface area contributed by atoms with E-state index < -0.39 is 0 Å². The number of nitrogens with one attached hydrogen (secondary N) is 1. The Hall–Kier alpha value is -0.300. The first-order chi connectivity index (χ1) is 4.91. The van der Waals surface area contributed by atoms with Crippen LogP contribution in [-0.4, -0.2) is 13.1 Å². The molecule has 0 unspecified atom stereocenters. The van der Waals surface area contributed by atoms with Crippen molar-refractivity contribution in [3.63, 3.8) is 0 Å². The topological polar surface area (TPSA) is 12.0 Å². The highest BCUT2D eigenvalue weighted by atomic mass is 14.8. The van der Waals surface area contributed by atoms with Gasteiger partial charge in [0.05, 0.1) is 0 Å². The largest absolute Gasteiger partial charge is 0.316 e. The molecule has 0 radical (unpaired) electrons. The fourth-order valence-corrected chi connectivity index (χ4v) is 0.779. The van der Waals surface area contributed by atoms with Crippen molar-refractivity contribution in [2.75, 3.05) is 13.1 Å². The fraction of sp³-hybridized carbons (Fsp3) is 0.778. The Balaban J connectivity index is 2.77. The Morgan fingerprint density at radius 1 is 1.30 bits per heavy atom. The lowest BCUT2D eigenvalue weighted by Gasteiger charge is -1.99. The Labute approximate surface area is 64.5 Å². The minimum atomic E-state index is 1.13. The summed E-state index contributed by atoms with van der Waals surface area (Å²) in [6, 6.07) is 0. The van der Waals surface area contributed by atoms with Gasteiger partial charge >= 0.3 is 0 Å². The van der Waals surface area contributed by atoms with Gasteiger partial charge in [0.2, 0.25) is 0 Å². The van der Waals surface area contributed by atoms with Crippen LogP contribution >= 0.6 is 0 Å². The maximum Gasteiger partial charge on any atom is -0.00143 e.